The minimum absolute atomic E-state index is 0.278. The third kappa shape index (κ3) is 4.87. The second-order valence-electron chi connectivity index (χ2n) is 5.60. The normalized spacial score (nSPS) is 11.0. The van der Waals surface area contributed by atoms with Crippen LogP contribution < -0.4 is 15.5 Å². The first-order valence-electron chi connectivity index (χ1n) is 8.25. The van der Waals surface area contributed by atoms with Crippen LogP contribution in [-0.4, -0.2) is 45.9 Å². The Kier molecular flexibility index (Phi) is 5.89. The summed E-state index contributed by atoms with van der Waals surface area (Å²) in [6.45, 7) is 3.21. The molecule has 134 valence electrons. The van der Waals surface area contributed by atoms with E-state index in [1.807, 2.05) is 38.2 Å². The zero-order valence-corrected chi connectivity index (χ0v) is 14.8. The van der Waals surface area contributed by atoms with Crippen LogP contribution in [0, 0.1) is 6.92 Å². The number of aryl methyl sites for hydroxylation is 1. The molecule has 3 rings (SSSR count). The summed E-state index contributed by atoms with van der Waals surface area (Å²) in [5.74, 6) is 1.18. The molecule has 0 unspecified atom stereocenters. The van der Waals surface area contributed by atoms with Crippen LogP contribution in [0.5, 0.6) is 6.01 Å². The van der Waals surface area contributed by atoms with Gasteiger partial charge in [-0.2, -0.15) is 15.1 Å². The molecular weight excluding hydrogens is 330 g/mol. The van der Waals surface area contributed by atoms with E-state index in [2.05, 4.69) is 30.8 Å². The molecule has 0 fully saturated rings. The fourth-order valence-electron chi connectivity index (χ4n) is 2.23. The van der Waals surface area contributed by atoms with Crippen molar-refractivity contribution in [3.8, 4) is 11.8 Å². The van der Waals surface area contributed by atoms with Crippen molar-refractivity contribution >= 4 is 12.0 Å². The molecule has 0 bridgehead atoms. The quantitative estimate of drug-likeness (QED) is 0.367. The van der Waals surface area contributed by atoms with Crippen molar-refractivity contribution < 1.29 is 4.74 Å². The first-order valence-corrected chi connectivity index (χ1v) is 8.25. The summed E-state index contributed by atoms with van der Waals surface area (Å²) in [5.41, 5.74) is 5.12. The summed E-state index contributed by atoms with van der Waals surface area (Å²) in [6, 6.07) is 10.1. The highest BCUT2D eigenvalue weighted by Gasteiger charge is 2.07. The van der Waals surface area contributed by atoms with E-state index < -0.39 is 0 Å². The number of imidazole rings is 1. The van der Waals surface area contributed by atoms with E-state index >= 15 is 0 Å². The highest BCUT2D eigenvalue weighted by Crippen LogP contribution is 2.15. The third-order valence-corrected chi connectivity index (χ3v) is 3.48. The summed E-state index contributed by atoms with van der Waals surface area (Å²) in [4.78, 5) is 12.8. The molecule has 0 aliphatic heterocycles. The van der Waals surface area contributed by atoms with Gasteiger partial charge in [0, 0.05) is 25.0 Å². The Morgan fingerprint density at radius 2 is 2.19 bits per heavy atom. The number of nitrogens with zero attached hydrogens (tertiary/aromatic N) is 5. The Bertz CT molecular complexity index is 862. The highest BCUT2D eigenvalue weighted by molar-refractivity contribution is 5.80. The zero-order valence-electron chi connectivity index (χ0n) is 14.8. The lowest BCUT2D eigenvalue weighted by molar-refractivity contribution is 0.293. The molecule has 2 aromatic heterocycles. The Morgan fingerprint density at radius 3 is 2.96 bits per heavy atom. The Hall–Kier alpha value is -3.26. The summed E-state index contributed by atoms with van der Waals surface area (Å²) >= 11 is 0. The van der Waals surface area contributed by atoms with Gasteiger partial charge in [0.2, 0.25) is 0 Å². The van der Waals surface area contributed by atoms with Gasteiger partial charge in [-0.05, 0) is 19.5 Å². The fraction of sp³-hybridized carbons (Fsp3) is 0.222. The van der Waals surface area contributed by atoms with Crippen LogP contribution in [0.25, 0.3) is 5.82 Å². The molecule has 8 heteroatoms. The molecule has 0 radical (unpaired) electrons. The van der Waals surface area contributed by atoms with Crippen LogP contribution in [-0.2, 0) is 0 Å². The predicted octanol–water partition coefficient (Wildman–Crippen LogP) is 2.01. The summed E-state index contributed by atoms with van der Waals surface area (Å²) in [7, 11) is 1.86. The van der Waals surface area contributed by atoms with Crippen LogP contribution in [0.1, 0.15) is 11.1 Å². The van der Waals surface area contributed by atoms with Gasteiger partial charge in [-0.3, -0.25) is 9.99 Å². The van der Waals surface area contributed by atoms with Crippen LogP contribution in [0.15, 0.2) is 54.2 Å². The number of anilines is 1. The van der Waals surface area contributed by atoms with Crippen molar-refractivity contribution in [2.75, 3.05) is 25.6 Å². The molecule has 0 saturated carbocycles. The van der Waals surface area contributed by atoms with E-state index in [0.717, 1.165) is 5.56 Å². The van der Waals surface area contributed by atoms with E-state index in [1.165, 1.54) is 5.56 Å². The summed E-state index contributed by atoms with van der Waals surface area (Å²) in [5, 5.41) is 7.27. The molecular formula is C18H21N7O. The number of ether oxygens (including phenoxy) is 1. The summed E-state index contributed by atoms with van der Waals surface area (Å²) in [6.07, 6.45) is 6.90. The Morgan fingerprint density at radius 1 is 1.27 bits per heavy atom. The van der Waals surface area contributed by atoms with Crippen molar-refractivity contribution in [1.82, 2.24) is 24.8 Å². The first-order chi connectivity index (χ1) is 12.7. The number of benzene rings is 1. The lowest BCUT2D eigenvalue weighted by Gasteiger charge is -2.09. The fourth-order valence-corrected chi connectivity index (χ4v) is 2.23. The van der Waals surface area contributed by atoms with Crippen molar-refractivity contribution in [3.63, 3.8) is 0 Å². The van der Waals surface area contributed by atoms with E-state index in [0.29, 0.717) is 24.8 Å². The molecule has 8 nitrogen and oxygen atoms in total. The van der Waals surface area contributed by atoms with E-state index in [1.54, 1.807) is 35.6 Å². The molecule has 0 saturated heterocycles. The molecule has 1 aromatic carbocycles. The third-order valence-electron chi connectivity index (χ3n) is 3.48. The second kappa shape index (κ2) is 8.72. The van der Waals surface area contributed by atoms with Gasteiger partial charge in [0.25, 0.3) is 0 Å². The Labute approximate surface area is 152 Å². The number of hydrazone groups is 1. The standard InChI is InChI=1S/C18H21N7O/c1-14-4-3-5-15(10-14)12-21-24-16-11-17(25-8-6-20-13-25)23-18(22-16)26-9-7-19-2/h3-6,8,10-13,19H,7,9H2,1-2H3,(H,22,23,24). The average molecular weight is 351 g/mol. The van der Waals surface area contributed by atoms with E-state index in [4.69, 9.17) is 4.74 Å². The minimum Gasteiger partial charge on any atom is -0.462 e. The van der Waals surface area contributed by atoms with Gasteiger partial charge in [-0.15, -0.1) is 0 Å². The maximum atomic E-state index is 5.60. The lowest BCUT2D eigenvalue weighted by Crippen LogP contribution is -2.17. The van der Waals surface area contributed by atoms with Crippen molar-refractivity contribution in [3.05, 3.63) is 60.2 Å². The van der Waals surface area contributed by atoms with Crippen molar-refractivity contribution in [2.45, 2.75) is 6.92 Å². The van der Waals surface area contributed by atoms with Gasteiger partial charge in [0.15, 0.2) is 5.82 Å². The van der Waals surface area contributed by atoms with Gasteiger partial charge in [-0.1, -0.05) is 29.8 Å². The van der Waals surface area contributed by atoms with Gasteiger partial charge < -0.3 is 10.1 Å². The van der Waals surface area contributed by atoms with Crippen molar-refractivity contribution in [2.24, 2.45) is 5.10 Å². The second-order valence-corrected chi connectivity index (χ2v) is 5.60. The zero-order chi connectivity index (χ0) is 18.2. The van der Waals surface area contributed by atoms with Gasteiger partial charge in [0.05, 0.1) is 6.21 Å². The minimum atomic E-state index is 0.278. The van der Waals surface area contributed by atoms with Crippen LogP contribution in [0.2, 0.25) is 0 Å². The van der Waals surface area contributed by atoms with Crippen LogP contribution in [0.4, 0.5) is 5.82 Å². The SMILES string of the molecule is CNCCOc1nc(NN=Cc2cccc(C)c2)cc(-n2ccnc2)n1. The molecule has 2 heterocycles. The van der Waals surface area contributed by atoms with Gasteiger partial charge in [0.1, 0.15) is 18.8 Å². The molecule has 26 heavy (non-hydrogen) atoms. The lowest BCUT2D eigenvalue weighted by atomic mass is 10.2. The maximum Gasteiger partial charge on any atom is 0.320 e. The van der Waals surface area contributed by atoms with Crippen LogP contribution in [0.3, 0.4) is 0 Å². The van der Waals surface area contributed by atoms with Crippen molar-refractivity contribution in [1.29, 1.82) is 0 Å². The number of likely N-dealkylation sites (N-methyl/N-ethyl adjacent to an activating group) is 1. The molecule has 0 amide bonds. The maximum absolute atomic E-state index is 5.60. The number of aromatic nitrogens is 4. The highest BCUT2D eigenvalue weighted by atomic mass is 16.5. The monoisotopic (exact) mass is 351 g/mol. The molecule has 0 atom stereocenters. The number of hydrogen-bond donors (Lipinski definition) is 2. The number of nitrogens with one attached hydrogen (secondary N) is 2. The molecule has 2 N–H and O–H groups in total. The van der Waals surface area contributed by atoms with E-state index in [9.17, 15) is 0 Å². The number of hydrogen-bond acceptors (Lipinski definition) is 7. The number of rotatable bonds is 8. The predicted molar refractivity (Wildman–Crippen MR) is 101 cm³/mol. The van der Waals surface area contributed by atoms with Gasteiger partial charge >= 0.3 is 6.01 Å². The molecule has 0 aliphatic carbocycles. The van der Waals surface area contributed by atoms with Crippen LogP contribution >= 0.6 is 0 Å². The first kappa shape index (κ1) is 17.6. The summed E-state index contributed by atoms with van der Waals surface area (Å²) < 4.78 is 7.38. The topological polar surface area (TPSA) is 89.2 Å². The molecule has 0 spiro atoms. The molecule has 3 aromatic rings. The van der Waals surface area contributed by atoms with E-state index in [-0.39, 0.29) is 6.01 Å². The average Bonchev–Trinajstić information content (AvgIpc) is 3.17. The molecule has 0 aliphatic rings. The smallest absolute Gasteiger partial charge is 0.320 e. The largest absolute Gasteiger partial charge is 0.462 e. The van der Waals surface area contributed by atoms with Gasteiger partial charge in [-0.25, -0.2) is 4.98 Å². The Balaban J connectivity index is 1.78.